The van der Waals surface area contributed by atoms with Gasteiger partial charge in [-0.15, -0.1) is 0 Å². The minimum absolute atomic E-state index is 0.0648. The van der Waals surface area contributed by atoms with E-state index in [1.165, 1.54) is 83.7 Å². The van der Waals surface area contributed by atoms with E-state index in [0.717, 1.165) is 44.3 Å². The highest BCUT2D eigenvalue weighted by atomic mass is 32.2. The van der Waals surface area contributed by atoms with Crippen molar-refractivity contribution in [3.63, 3.8) is 0 Å². The van der Waals surface area contributed by atoms with Gasteiger partial charge in [0.25, 0.3) is 0 Å². The number of urea groups is 1. The first-order valence-corrected chi connectivity index (χ1v) is 26.4. The van der Waals surface area contributed by atoms with Crippen LogP contribution < -0.4 is 16.0 Å². The maximum atomic E-state index is 12.8. The molecule has 0 aromatic rings. The molecule has 2 saturated heterocycles. The molecule has 354 valence electrons. The molecule has 0 aliphatic carbocycles. The first-order chi connectivity index (χ1) is 29.5. The Morgan fingerprint density at radius 2 is 1.34 bits per heavy atom. The molecule has 0 bridgehead atoms. The highest BCUT2D eigenvalue weighted by molar-refractivity contribution is 8.00. The first kappa shape index (κ1) is 54.9. The second kappa shape index (κ2) is 35.2. The number of ether oxygens (including phenoxy) is 4. The highest BCUT2D eigenvalue weighted by Crippen LogP contribution is 2.43. The molecule has 15 nitrogen and oxygen atoms in total. The number of amides is 3. The number of nitrogens with one attached hydrogen (secondary N) is 3. The van der Waals surface area contributed by atoms with Gasteiger partial charge in [-0.1, -0.05) is 110 Å². The zero-order chi connectivity index (χ0) is 44.4. The Kier molecular flexibility index (Phi) is 31.6. The van der Waals surface area contributed by atoms with Gasteiger partial charge in [0.15, 0.2) is 6.10 Å². The average molecular weight is 906 g/mol. The number of carbonyl (C=O) groups excluding carboxylic acids is 5. The predicted molar refractivity (Wildman–Crippen MR) is 239 cm³/mol. The van der Waals surface area contributed by atoms with Crippen LogP contribution in [-0.4, -0.2) is 118 Å². The van der Waals surface area contributed by atoms with Crippen LogP contribution in [0, 0.1) is 0 Å². The molecule has 17 heteroatoms. The molecule has 5 atom stereocenters. The van der Waals surface area contributed by atoms with Crippen LogP contribution in [-0.2, 0) is 51.7 Å². The zero-order valence-electron chi connectivity index (χ0n) is 37.7. The molecule has 2 aliphatic rings. The van der Waals surface area contributed by atoms with Crippen molar-refractivity contribution in [1.29, 1.82) is 0 Å². The van der Waals surface area contributed by atoms with E-state index < -0.39 is 19.7 Å². The molecule has 0 aromatic heterocycles. The third-order valence-corrected chi connectivity index (χ3v) is 13.5. The van der Waals surface area contributed by atoms with Crippen LogP contribution in [0.4, 0.5) is 4.79 Å². The molecule has 2 heterocycles. The molecule has 3 amide bonds. The number of fused-ring (bicyclic) bond motifs is 1. The number of hydrogen-bond acceptors (Lipinski definition) is 13. The lowest BCUT2D eigenvalue weighted by molar-refractivity contribution is -0.160. The van der Waals surface area contributed by atoms with Crippen molar-refractivity contribution in [3.05, 3.63) is 0 Å². The van der Waals surface area contributed by atoms with Gasteiger partial charge >= 0.3 is 25.6 Å². The first-order valence-electron chi connectivity index (χ1n) is 23.4. The largest absolute Gasteiger partial charge is 0.462 e. The third kappa shape index (κ3) is 29.0. The van der Waals surface area contributed by atoms with Crippen molar-refractivity contribution >= 4 is 49.0 Å². The van der Waals surface area contributed by atoms with E-state index in [1.54, 1.807) is 6.92 Å². The van der Waals surface area contributed by atoms with E-state index in [4.69, 9.17) is 28.0 Å². The van der Waals surface area contributed by atoms with Gasteiger partial charge in [-0.3, -0.25) is 23.7 Å². The molecule has 2 aliphatic heterocycles. The monoisotopic (exact) mass is 906 g/mol. The molecule has 2 fully saturated rings. The fourth-order valence-electron chi connectivity index (χ4n) is 7.18. The van der Waals surface area contributed by atoms with Gasteiger partial charge in [-0.25, -0.2) is 4.79 Å². The Morgan fingerprint density at radius 1 is 0.721 bits per heavy atom. The minimum Gasteiger partial charge on any atom is -0.462 e. The summed E-state index contributed by atoms with van der Waals surface area (Å²) in [5.74, 6) is -0.101. The minimum atomic E-state index is -3.58. The summed E-state index contributed by atoms with van der Waals surface area (Å²) in [6.07, 6.45) is 22.5. The molecule has 2 rings (SSSR count). The lowest BCUT2D eigenvalue weighted by Crippen LogP contribution is -2.36. The normalized spacial score (nSPS) is 18.5. The molecule has 3 N–H and O–H groups in total. The maximum absolute atomic E-state index is 12.8. The van der Waals surface area contributed by atoms with Crippen LogP contribution >= 0.6 is 19.4 Å². The topological polar surface area (TPSA) is 194 Å². The summed E-state index contributed by atoms with van der Waals surface area (Å²) in [5.41, 5.74) is 0. The Morgan fingerprint density at radius 3 is 2.02 bits per heavy atom. The number of ketones is 1. The second-order valence-corrected chi connectivity index (χ2v) is 19.6. The SMILES string of the molecule is CCCCCCCCCCCCCCCCCC(=O)OCC(COP(C)(=O)OCCNC(=O)COCCOCCCC(=O)CCCC[C@H]1SC[C@H]2NC(=O)N[C@H]21)OC(=O)CC. The van der Waals surface area contributed by atoms with Gasteiger partial charge in [-0.2, -0.15) is 11.8 Å². The fraction of sp³-hybridized carbons (Fsp3) is 0.886. The number of unbranched alkanes of at least 4 members (excludes halogenated alkanes) is 15. The number of hydrogen-bond donors (Lipinski definition) is 3. The molecule has 2 unspecified atom stereocenters. The van der Waals surface area contributed by atoms with Crippen molar-refractivity contribution < 1.29 is 56.5 Å². The van der Waals surface area contributed by atoms with Gasteiger partial charge in [0, 0.05) is 56.5 Å². The van der Waals surface area contributed by atoms with Gasteiger partial charge in [0.2, 0.25) is 5.91 Å². The van der Waals surface area contributed by atoms with E-state index in [-0.39, 0.29) is 88.2 Å². The van der Waals surface area contributed by atoms with Crippen molar-refractivity contribution in [3.8, 4) is 0 Å². The number of Topliss-reactive ketones (excluding diaryl/α,β-unsaturated/α-hetero) is 1. The van der Waals surface area contributed by atoms with Crippen molar-refractivity contribution in [1.82, 2.24) is 16.0 Å². The Balaban J connectivity index is 1.42. The number of carbonyl (C=O) groups is 5. The van der Waals surface area contributed by atoms with Crippen LogP contribution in [0.2, 0.25) is 0 Å². The van der Waals surface area contributed by atoms with Gasteiger partial charge in [0.1, 0.15) is 19.0 Å². The summed E-state index contributed by atoms with van der Waals surface area (Å²) in [6, 6.07) is 0.343. The van der Waals surface area contributed by atoms with E-state index in [2.05, 4.69) is 22.9 Å². The summed E-state index contributed by atoms with van der Waals surface area (Å²) in [5, 5.41) is 8.97. The summed E-state index contributed by atoms with van der Waals surface area (Å²) >= 11 is 1.89. The fourth-order valence-corrected chi connectivity index (χ4v) is 9.66. The smallest absolute Gasteiger partial charge is 0.327 e. The van der Waals surface area contributed by atoms with E-state index in [1.807, 2.05) is 11.8 Å². The van der Waals surface area contributed by atoms with Crippen LogP contribution in [0.5, 0.6) is 0 Å². The van der Waals surface area contributed by atoms with E-state index in [0.29, 0.717) is 37.7 Å². The molecule has 0 aromatic carbocycles. The van der Waals surface area contributed by atoms with Crippen LogP contribution in [0.1, 0.15) is 162 Å². The number of esters is 2. The summed E-state index contributed by atoms with van der Waals surface area (Å²) < 4.78 is 45.2. The van der Waals surface area contributed by atoms with Crippen LogP contribution in [0.25, 0.3) is 0 Å². The van der Waals surface area contributed by atoms with Gasteiger partial charge in [0.05, 0.1) is 38.5 Å². The zero-order valence-corrected chi connectivity index (χ0v) is 39.4. The number of thioether (sulfide) groups is 1. The molecular weight excluding hydrogens is 826 g/mol. The quantitative estimate of drug-likeness (QED) is 0.0230. The Hall–Kier alpha value is -2.23. The van der Waals surface area contributed by atoms with Crippen molar-refractivity contribution in [2.45, 2.75) is 185 Å². The molecule has 0 radical (unpaired) electrons. The standard InChI is InChI=1S/C44H80N3O12PS/c1-4-6-7-8-9-10-11-12-13-14-15-16-17-18-19-26-42(51)56-32-37(59-41(50)5-2)33-58-60(3,53)57-29-27-45-40(49)34-55-31-30-54-28-22-24-36(48)23-20-21-25-39-43-38(35-61-39)46-44(52)47-43/h37-39,43H,4-35H2,1-3H3,(H,45,49)(H2,46,47,52)/t37?,38-,39-,43-,60?/m1/s1. The van der Waals surface area contributed by atoms with Gasteiger partial charge in [-0.05, 0) is 25.7 Å². The number of rotatable bonds is 41. The van der Waals surface area contributed by atoms with Crippen molar-refractivity contribution in [2.24, 2.45) is 0 Å². The predicted octanol–water partition coefficient (Wildman–Crippen LogP) is 8.19. The van der Waals surface area contributed by atoms with E-state index in [9.17, 15) is 28.5 Å². The summed E-state index contributed by atoms with van der Waals surface area (Å²) in [6.45, 7) is 5.39. The third-order valence-electron chi connectivity index (χ3n) is 10.7. The van der Waals surface area contributed by atoms with E-state index >= 15 is 0 Å². The molecule has 61 heavy (non-hydrogen) atoms. The highest BCUT2D eigenvalue weighted by Gasteiger charge is 2.42. The Labute approximate surface area is 370 Å². The second-order valence-electron chi connectivity index (χ2n) is 16.3. The van der Waals surface area contributed by atoms with Crippen LogP contribution in [0.3, 0.4) is 0 Å². The van der Waals surface area contributed by atoms with Gasteiger partial charge < -0.3 is 43.9 Å². The van der Waals surface area contributed by atoms with Crippen LogP contribution in [0.15, 0.2) is 0 Å². The summed E-state index contributed by atoms with van der Waals surface area (Å²) in [7, 11) is -3.58. The molecule has 0 saturated carbocycles. The lowest BCUT2D eigenvalue weighted by atomic mass is 10.0. The molecule has 0 spiro atoms. The molecular formula is C44H80N3O12PS. The lowest BCUT2D eigenvalue weighted by Gasteiger charge is -2.20. The summed E-state index contributed by atoms with van der Waals surface area (Å²) in [4.78, 5) is 60.2. The maximum Gasteiger partial charge on any atom is 0.327 e. The average Bonchev–Trinajstić information content (AvgIpc) is 3.80. The Bertz CT molecular complexity index is 1280. The van der Waals surface area contributed by atoms with Crippen molar-refractivity contribution in [2.75, 3.05) is 65.2 Å².